The molecular weight excluding hydrogens is 518 g/mol. The van der Waals surface area contributed by atoms with Crippen LogP contribution in [0.25, 0.3) is 6.08 Å². The lowest BCUT2D eigenvalue weighted by Crippen LogP contribution is -2.28. The van der Waals surface area contributed by atoms with Gasteiger partial charge in [0, 0.05) is 13.1 Å². The SMILES string of the molecule is CCN=C1S/C(=C/c2cc(I)c(OCc3cccc(F)c3)c(OC)c2)C(=O)N1CC. The Morgan fingerprint density at radius 2 is 2.07 bits per heavy atom. The van der Waals surface area contributed by atoms with Crippen LogP contribution in [0.4, 0.5) is 4.39 Å². The van der Waals surface area contributed by atoms with Gasteiger partial charge in [-0.15, -0.1) is 0 Å². The molecule has 1 aliphatic heterocycles. The number of methoxy groups -OCH3 is 1. The average Bonchev–Trinajstić information content (AvgIpc) is 3.01. The number of benzene rings is 2. The van der Waals surface area contributed by atoms with Gasteiger partial charge in [0.25, 0.3) is 5.91 Å². The third-order valence-electron chi connectivity index (χ3n) is 4.32. The molecular formula is C22H22FIN2O3S. The van der Waals surface area contributed by atoms with Crippen LogP contribution < -0.4 is 9.47 Å². The zero-order valence-corrected chi connectivity index (χ0v) is 19.9. The molecule has 0 atom stereocenters. The van der Waals surface area contributed by atoms with Gasteiger partial charge in [-0.25, -0.2) is 4.39 Å². The van der Waals surface area contributed by atoms with Gasteiger partial charge in [-0.05, 0) is 89.7 Å². The minimum Gasteiger partial charge on any atom is -0.493 e. The van der Waals surface area contributed by atoms with Crippen LogP contribution in [-0.2, 0) is 11.4 Å². The Labute approximate surface area is 193 Å². The molecule has 0 saturated carbocycles. The average molecular weight is 540 g/mol. The van der Waals surface area contributed by atoms with Gasteiger partial charge >= 0.3 is 0 Å². The lowest BCUT2D eigenvalue weighted by Gasteiger charge is -2.14. The maximum Gasteiger partial charge on any atom is 0.266 e. The van der Waals surface area contributed by atoms with Gasteiger partial charge in [0.2, 0.25) is 0 Å². The standard InChI is InChI=1S/C22H22FIN2O3S/c1-4-25-22-26(5-2)21(27)19(30-22)12-15-10-17(24)20(18(11-15)28-3)29-13-14-7-6-8-16(23)9-14/h6-12H,4-5,13H2,1-3H3/b19-12+,25-22?. The summed E-state index contributed by atoms with van der Waals surface area (Å²) in [5.41, 5.74) is 1.56. The molecule has 1 amide bonds. The summed E-state index contributed by atoms with van der Waals surface area (Å²) >= 11 is 3.55. The van der Waals surface area contributed by atoms with Gasteiger partial charge in [0.15, 0.2) is 16.7 Å². The fraction of sp³-hybridized carbons (Fsp3) is 0.273. The maximum atomic E-state index is 13.4. The van der Waals surface area contributed by atoms with Crippen molar-refractivity contribution in [3.05, 3.63) is 61.8 Å². The Hall–Kier alpha value is -2.07. The summed E-state index contributed by atoms with van der Waals surface area (Å²) in [6.07, 6.45) is 1.84. The second kappa shape index (κ2) is 10.3. The van der Waals surface area contributed by atoms with Crippen molar-refractivity contribution in [3.8, 4) is 11.5 Å². The number of amides is 1. The number of amidine groups is 1. The third kappa shape index (κ3) is 5.15. The highest BCUT2D eigenvalue weighted by atomic mass is 127. The topological polar surface area (TPSA) is 51.1 Å². The van der Waals surface area contributed by atoms with Crippen molar-refractivity contribution in [2.45, 2.75) is 20.5 Å². The van der Waals surface area contributed by atoms with Gasteiger partial charge in [-0.2, -0.15) is 0 Å². The molecule has 2 aromatic carbocycles. The molecule has 0 aromatic heterocycles. The second-order valence-electron chi connectivity index (χ2n) is 6.37. The van der Waals surface area contributed by atoms with E-state index in [2.05, 4.69) is 27.6 Å². The van der Waals surface area contributed by atoms with Crippen LogP contribution in [0.1, 0.15) is 25.0 Å². The molecule has 0 unspecified atom stereocenters. The first-order valence-corrected chi connectivity index (χ1v) is 11.4. The molecule has 3 rings (SSSR count). The van der Waals surface area contributed by atoms with E-state index < -0.39 is 0 Å². The number of hydrogen-bond donors (Lipinski definition) is 0. The highest BCUT2D eigenvalue weighted by molar-refractivity contribution is 14.1. The number of aliphatic imine (C=N–C) groups is 1. The first kappa shape index (κ1) is 22.6. The van der Waals surface area contributed by atoms with Gasteiger partial charge in [0.1, 0.15) is 12.4 Å². The fourth-order valence-corrected chi connectivity index (χ4v) is 4.82. The minimum atomic E-state index is -0.300. The Morgan fingerprint density at radius 1 is 1.27 bits per heavy atom. The maximum absolute atomic E-state index is 13.4. The minimum absolute atomic E-state index is 0.0462. The molecule has 0 bridgehead atoms. The molecule has 8 heteroatoms. The predicted octanol–water partition coefficient (Wildman–Crippen LogP) is 5.33. The number of likely N-dealkylation sites (N-methyl/N-ethyl adjacent to an activating group) is 1. The molecule has 1 saturated heterocycles. The summed E-state index contributed by atoms with van der Waals surface area (Å²) in [7, 11) is 1.57. The Balaban J connectivity index is 1.86. The zero-order valence-electron chi connectivity index (χ0n) is 16.9. The molecule has 2 aromatic rings. The smallest absolute Gasteiger partial charge is 0.266 e. The number of carbonyl (C=O) groups is 1. The Bertz CT molecular complexity index is 1010. The number of nitrogens with zero attached hydrogens (tertiary/aromatic N) is 2. The van der Waals surface area contributed by atoms with Crippen LogP contribution >= 0.6 is 34.4 Å². The van der Waals surface area contributed by atoms with Crippen molar-refractivity contribution in [2.24, 2.45) is 4.99 Å². The number of thioether (sulfide) groups is 1. The van der Waals surface area contributed by atoms with E-state index in [0.29, 0.717) is 29.5 Å². The number of halogens is 2. The van der Waals surface area contributed by atoms with Crippen LogP contribution in [0, 0.1) is 9.39 Å². The number of hydrogen-bond acceptors (Lipinski definition) is 5. The molecule has 1 heterocycles. The highest BCUT2D eigenvalue weighted by Gasteiger charge is 2.31. The summed E-state index contributed by atoms with van der Waals surface area (Å²) in [5, 5.41) is 0.730. The second-order valence-corrected chi connectivity index (χ2v) is 8.54. The van der Waals surface area contributed by atoms with E-state index in [4.69, 9.17) is 9.47 Å². The molecule has 0 spiro atoms. The van der Waals surface area contributed by atoms with Gasteiger partial charge in [-0.3, -0.25) is 14.7 Å². The van der Waals surface area contributed by atoms with Gasteiger partial charge in [-0.1, -0.05) is 12.1 Å². The van der Waals surface area contributed by atoms with E-state index in [9.17, 15) is 9.18 Å². The molecule has 158 valence electrons. The lowest BCUT2D eigenvalue weighted by atomic mass is 10.1. The molecule has 0 N–H and O–H groups in total. The van der Waals surface area contributed by atoms with Crippen molar-refractivity contribution in [2.75, 3.05) is 20.2 Å². The van der Waals surface area contributed by atoms with Crippen molar-refractivity contribution in [1.29, 1.82) is 0 Å². The van der Waals surface area contributed by atoms with Crippen molar-refractivity contribution in [3.63, 3.8) is 0 Å². The summed E-state index contributed by atoms with van der Waals surface area (Å²) in [5.74, 6) is 0.786. The number of ether oxygens (including phenoxy) is 2. The van der Waals surface area contributed by atoms with Gasteiger partial charge in [0.05, 0.1) is 15.6 Å². The van der Waals surface area contributed by atoms with E-state index in [1.54, 1.807) is 24.1 Å². The van der Waals surface area contributed by atoms with Crippen LogP contribution in [0.2, 0.25) is 0 Å². The monoisotopic (exact) mass is 540 g/mol. The predicted molar refractivity (Wildman–Crippen MR) is 127 cm³/mol. The molecule has 1 fully saturated rings. The Morgan fingerprint density at radius 3 is 2.73 bits per heavy atom. The summed E-state index contributed by atoms with van der Waals surface area (Å²) in [6.45, 7) is 5.31. The lowest BCUT2D eigenvalue weighted by molar-refractivity contribution is -0.122. The van der Waals surface area contributed by atoms with Gasteiger partial charge < -0.3 is 9.47 Å². The van der Waals surface area contributed by atoms with E-state index in [1.165, 1.54) is 23.9 Å². The quantitative estimate of drug-likeness (QED) is 0.352. The van der Waals surface area contributed by atoms with Crippen LogP contribution in [0.3, 0.4) is 0 Å². The summed E-state index contributed by atoms with van der Waals surface area (Å²) < 4.78 is 25.7. The summed E-state index contributed by atoms with van der Waals surface area (Å²) in [6, 6.07) is 10.0. The normalized spacial score (nSPS) is 16.6. The third-order valence-corrected chi connectivity index (χ3v) is 6.17. The van der Waals surface area contributed by atoms with E-state index in [-0.39, 0.29) is 18.3 Å². The van der Waals surface area contributed by atoms with Crippen molar-refractivity contribution in [1.82, 2.24) is 4.90 Å². The Kier molecular flexibility index (Phi) is 7.76. The number of carbonyl (C=O) groups excluding carboxylic acids is 1. The molecule has 30 heavy (non-hydrogen) atoms. The molecule has 1 aliphatic rings. The van der Waals surface area contributed by atoms with Crippen LogP contribution in [0.5, 0.6) is 11.5 Å². The molecule has 5 nitrogen and oxygen atoms in total. The molecule has 0 radical (unpaired) electrons. The van der Waals surface area contributed by atoms with Crippen LogP contribution in [-0.4, -0.2) is 36.2 Å². The van der Waals surface area contributed by atoms with E-state index in [0.717, 1.165) is 19.9 Å². The largest absolute Gasteiger partial charge is 0.493 e. The highest BCUT2D eigenvalue weighted by Crippen LogP contribution is 2.37. The molecule has 0 aliphatic carbocycles. The van der Waals surface area contributed by atoms with E-state index >= 15 is 0 Å². The first-order chi connectivity index (χ1) is 14.5. The van der Waals surface area contributed by atoms with E-state index in [1.807, 2.05) is 32.1 Å². The van der Waals surface area contributed by atoms with Crippen molar-refractivity contribution >= 4 is 51.5 Å². The zero-order chi connectivity index (χ0) is 21.7. The summed E-state index contributed by atoms with van der Waals surface area (Å²) in [4.78, 5) is 19.4. The fourth-order valence-electron chi connectivity index (χ4n) is 2.94. The first-order valence-electron chi connectivity index (χ1n) is 9.47. The van der Waals surface area contributed by atoms with Crippen LogP contribution in [0.15, 0.2) is 46.3 Å². The number of rotatable bonds is 7. The van der Waals surface area contributed by atoms with Crippen molar-refractivity contribution < 1.29 is 18.7 Å².